The Kier molecular flexibility index (Phi) is 4.17. The molecule has 132 valence electrons. The average Bonchev–Trinajstić information content (AvgIpc) is 3.03. The summed E-state index contributed by atoms with van der Waals surface area (Å²) < 4.78 is 1.89. The minimum Gasteiger partial charge on any atom is -0.481 e. The second kappa shape index (κ2) is 6.48. The number of pyridine rings is 1. The van der Waals surface area contributed by atoms with Crippen LogP contribution in [0.25, 0.3) is 11.3 Å². The molecule has 25 heavy (non-hydrogen) atoms. The largest absolute Gasteiger partial charge is 0.481 e. The number of aromatic nitrogens is 3. The van der Waals surface area contributed by atoms with Gasteiger partial charge in [0.05, 0.1) is 23.9 Å². The third kappa shape index (κ3) is 3.24. The van der Waals surface area contributed by atoms with Crippen molar-refractivity contribution in [2.75, 3.05) is 38.1 Å². The average molecular weight is 341 g/mol. The van der Waals surface area contributed by atoms with Crippen molar-refractivity contribution in [3.8, 4) is 11.3 Å². The zero-order valence-corrected chi connectivity index (χ0v) is 14.4. The third-order valence-corrected chi connectivity index (χ3v) is 5.30. The Morgan fingerprint density at radius 1 is 1.20 bits per heavy atom. The van der Waals surface area contributed by atoms with Crippen LogP contribution in [0.1, 0.15) is 18.9 Å². The van der Waals surface area contributed by atoms with Gasteiger partial charge in [0.2, 0.25) is 0 Å². The molecule has 1 saturated carbocycles. The number of likely N-dealkylation sites (N-methyl/N-ethyl adjacent to an activating group) is 1. The van der Waals surface area contributed by atoms with Crippen LogP contribution in [0.2, 0.25) is 0 Å². The van der Waals surface area contributed by atoms with E-state index in [0.717, 1.165) is 43.3 Å². The van der Waals surface area contributed by atoms with Crippen LogP contribution in [0.15, 0.2) is 30.6 Å². The fourth-order valence-electron chi connectivity index (χ4n) is 3.47. The summed E-state index contributed by atoms with van der Waals surface area (Å²) in [5, 5.41) is 13.4. The van der Waals surface area contributed by atoms with E-state index >= 15 is 0 Å². The van der Waals surface area contributed by atoms with Crippen molar-refractivity contribution in [1.82, 2.24) is 19.7 Å². The van der Waals surface area contributed by atoms with E-state index in [1.54, 1.807) is 0 Å². The van der Waals surface area contributed by atoms with Gasteiger partial charge in [-0.3, -0.25) is 9.48 Å². The number of carboxylic acid groups (broad SMARTS) is 1. The highest BCUT2D eigenvalue weighted by atomic mass is 16.4. The lowest BCUT2D eigenvalue weighted by Gasteiger charge is -2.33. The molecule has 3 heterocycles. The Morgan fingerprint density at radius 2 is 1.96 bits per heavy atom. The molecule has 4 rings (SSSR count). The SMILES string of the molecule is CN1CCN(c2cccc(-c3cnn([C@H]4C[C@H](C(=O)O)C4)c3)n2)CC1. The van der Waals surface area contributed by atoms with Crippen LogP contribution in [-0.4, -0.2) is 64.0 Å². The molecule has 1 saturated heterocycles. The molecule has 2 aromatic heterocycles. The molecular weight excluding hydrogens is 318 g/mol. The maximum atomic E-state index is 10.9. The standard InChI is InChI=1S/C18H23N5O2/c1-21-5-7-22(8-6-21)17-4-2-3-16(20-17)14-11-19-23(12-14)15-9-13(10-15)18(24)25/h2-4,11-13,15H,5-10H2,1H3,(H,24,25)/t13-,15-. The molecule has 2 fully saturated rings. The van der Waals surface area contributed by atoms with Crippen molar-refractivity contribution in [1.29, 1.82) is 0 Å². The molecule has 0 unspecified atom stereocenters. The van der Waals surface area contributed by atoms with Gasteiger partial charge in [-0.05, 0) is 32.0 Å². The van der Waals surface area contributed by atoms with Gasteiger partial charge >= 0.3 is 5.97 Å². The van der Waals surface area contributed by atoms with Gasteiger partial charge in [0.25, 0.3) is 0 Å². The summed E-state index contributed by atoms with van der Waals surface area (Å²) in [5.41, 5.74) is 1.89. The first-order valence-corrected chi connectivity index (χ1v) is 8.78. The molecule has 1 N–H and O–H groups in total. The molecule has 0 bridgehead atoms. The van der Waals surface area contributed by atoms with Crippen LogP contribution in [0, 0.1) is 5.92 Å². The molecule has 0 spiro atoms. The normalized spacial score (nSPS) is 24.1. The summed E-state index contributed by atoms with van der Waals surface area (Å²) in [4.78, 5) is 20.4. The van der Waals surface area contributed by atoms with E-state index in [0.29, 0.717) is 12.8 Å². The van der Waals surface area contributed by atoms with Crippen molar-refractivity contribution >= 4 is 11.8 Å². The van der Waals surface area contributed by atoms with E-state index in [1.165, 1.54) is 0 Å². The summed E-state index contributed by atoms with van der Waals surface area (Å²) in [6, 6.07) is 6.29. The Labute approximate surface area is 146 Å². The van der Waals surface area contributed by atoms with Gasteiger partial charge in [0.15, 0.2) is 0 Å². The molecule has 2 aromatic rings. The van der Waals surface area contributed by atoms with Crippen molar-refractivity contribution in [3.63, 3.8) is 0 Å². The fourth-order valence-corrected chi connectivity index (χ4v) is 3.47. The summed E-state index contributed by atoms with van der Waals surface area (Å²) in [6.45, 7) is 4.09. The molecule has 1 aliphatic carbocycles. The summed E-state index contributed by atoms with van der Waals surface area (Å²) in [7, 11) is 2.14. The van der Waals surface area contributed by atoms with Crippen LogP contribution < -0.4 is 4.90 Å². The number of carboxylic acids is 1. The van der Waals surface area contributed by atoms with Gasteiger partial charge in [-0.2, -0.15) is 5.10 Å². The first kappa shape index (κ1) is 16.1. The van der Waals surface area contributed by atoms with Gasteiger partial charge in [-0.15, -0.1) is 0 Å². The number of piperazine rings is 1. The zero-order valence-electron chi connectivity index (χ0n) is 14.4. The second-order valence-electron chi connectivity index (χ2n) is 7.04. The Balaban J connectivity index is 1.47. The zero-order chi connectivity index (χ0) is 17.4. The lowest BCUT2D eigenvalue weighted by Crippen LogP contribution is -2.44. The van der Waals surface area contributed by atoms with E-state index in [1.807, 2.05) is 29.2 Å². The fraction of sp³-hybridized carbons (Fsp3) is 0.500. The van der Waals surface area contributed by atoms with Crippen molar-refractivity contribution in [3.05, 3.63) is 30.6 Å². The van der Waals surface area contributed by atoms with Crippen molar-refractivity contribution < 1.29 is 9.90 Å². The van der Waals surface area contributed by atoms with Crippen LogP contribution in [0.5, 0.6) is 0 Å². The molecule has 2 aliphatic rings. The van der Waals surface area contributed by atoms with Crippen molar-refractivity contribution in [2.24, 2.45) is 5.92 Å². The maximum absolute atomic E-state index is 10.9. The lowest BCUT2D eigenvalue weighted by atomic mass is 9.80. The minimum atomic E-state index is -0.704. The van der Waals surface area contributed by atoms with Gasteiger partial charge in [-0.1, -0.05) is 6.07 Å². The maximum Gasteiger partial charge on any atom is 0.306 e. The first-order valence-electron chi connectivity index (χ1n) is 8.78. The Bertz CT molecular complexity index is 760. The van der Waals surface area contributed by atoms with E-state index in [9.17, 15) is 4.79 Å². The number of carbonyl (C=O) groups is 1. The summed E-state index contributed by atoms with van der Waals surface area (Å²) in [6.07, 6.45) is 5.12. The predicted octanol–water partition coefficient (Wildman–Crippen LogP) is 1.73. The molecule has 0 atom stereocenters. The molecule has 1 aliphatic heterocycles. The topological polar surface area (TPSA) is 74.5 Å². The number of rotatable bonds is 4. The number of aliphatic carboxylic acids is 1. The number of anilines is 1. The van der Waals surface area contributed by atoms with Gasteiger partial charge < -0.3 is 14.9 Å². The minimum absolute atomic E-state index is 0.190. The van der Waals surface area contributed by atoms with E-state index in [4.69, 9.17) is 10.1 Å². The molecule has 0 aromatic carbocycles. The van der Waals surface area contributed by atoms with E-state index in [2.05, 4.69) is 28.0 Å². The van der Waals surface area contributed by atoms with Crippen molar-refractivity contribution in [2.45, 2.75) is 18.9 Å². The second-order valence-corrected chi connectivity index (χ2v) is 7.04. The molecule has 7 heteroatoms. The number of nitrogens with zero attached hydrogens (tertiary/aromatic N) is 5. The first-order chi connectivity index (χ1) is 12.1. The summed E-state index contributed by atoms with van der Waals surface area (Å²) in [5.74, 6) is 0.0782. The van der Waals surface area contributed by atoms with E-state index in [-0.39, 0.29) is 12.0 Å². The van der Waals surface area contributed by atoms with Crippen LogP contribution in [-0.2, 0) is 4.79 Å². The highest BCUT2D eigenvalue weighted by Crippen LogP contribution is 2.38. The Hall–Kier alpha value is -2.41. The van der Waals surface area contributed by atoms with Crippen LogP contribution in [0.4, 0.5) is 5.82 Å². The quantitative estimate of drug-likeness (QED) is 0.913. The molecular formula is C18H23N5O2. The number of hydrogen-bond donors (Lipinski definition) is 1. The van der Waals surface area contributed by atoms with Crippen LogP contribution in [0.3, 0.4) is 0 Å². The van der Waals surface area contributed by atoms with Gasteiger partial charge in [0, 0.05) is 37.9 Å². The highest BCUT2D eigenvalue weighted by Gasteiger charge is 2.36. The van der Waals surface area contributed by atoms with E-state index < -0.39 is 5.97 Å². The highest BCUT2D eigenvalue weighted by molar-refractivity contribution is 5.71. The lowest BCUT2D eigenvalue weighted by molar-refractivity contribution is -0.146. The Morgan fingerprint density at radius 3 is 2.68 bits per heavy atom. The van der Waals surface area contributed by atoms with Gasteiger partial charge in [-0.25, -0.2) is 4.98 Å². The predicted molar refractivity (Wildman–Crippen MR) is 94.6 cm³/mol. The monoisotopic (exact) mass is 341 g/mol. The molecule has 7 nitrogen and oxygen atoms in total. The van der Waals surface area contributed by atoms with Crippen LogP contribution >= 0.6 is 0 Å². The smallest absolute Gasteiger partial charge is 0.306 e. The molecule has 0 radical (unpaired) electrons. The molecule has 0 amide bonds. The summed E-state index contributed by atoms with van der Waals surface area (Å²) >= 11 is 0. The number of hydrogen-bond acceptors (Lipinski definition) is 5. The van der Waals surface area contributed by atoms with Gasteiger partial charge in [0.1, 0.15) is 5.82 Å². The third-order valence-electron chi connectivity index (χ3n) is 5.30.